The fourth-order valence-corrected chi connectivity index (χ4v) is 2.80. The Morgan fingerprint density at radius 1 is 1.00 bits per heavy atom. The Morgan fingerprint density at radius 2 is 1.75 bits per heavy atom. The Balaban J connectivity index is 1.91. The largest absolute Gasteiger partial charge is 0.508 e. The molecule has 0 fully saturated rings. The Morgan fingerprint density at radius 3 is 2.54 bits per heavy atom. The number of rotatable bonds is 4. The molecule has 0 aliphatic carbocycles. The van der Waals surface area contributed by atoms with Crippen LogP contribution in [0.1, 0.15) is 25.0 Å². The number of aromatic hydroxyl groups is 1. The Kier molecular flexibility index (Phi) is 4.77. The first kappa shape index (κ1) is 16.4. The van der Waals surface area contributed by atoms with E-state index in [0.717, 1.165) is 27.6 Å². The highest BCUT2D eigenvalue weighted by Gasteiger charge is 2.03. The van der Waals surface area contributed by atoms with Crippen molar-refractivity contribution in [2.75, 3.05) is 0 Å². The van der Waals surface area contributed by atoms with Crippen molar-refractivity contribution < 1.29 is 9.84 Å². The molecule has 0 amide bonds. The SMILES string of the molecule is CC(C)Oc1cccc(/C=C(\Cl)c2ccc3cc(O)ccc3c2)c1. The predicted octanol–water partition coefficient (Wildman–Crippen LogP) is 6.07. The zero-order valence-electron chi connectivity index (χ0n) is 13.7. The summed E-state index contributed by atoms with van der Waals surface area (Å²) in [6.07, 6.45) is 2.06. The van der Waals surface area contributed by atoms with E-state index in [2.05, 4.69) is 0 Å². The Labute approximate surface area is 147 Å². The number of halogens is 1. The van der Waals surface area contributed by atoms with Crippen LogP contribution in [-0.2, 0) is 0 Å². The molecule has 24 heavy (non-hydrogen) atoms. The van der Waals surface area contributed by atoms with Gasteiger partial charge < -0.3 is 9.84 Å². The van der Waals surface area contributed by atoms with Crippen LogP contribution in [0.2, 0.25) is 0 Å². The number of fused-ring (bicyclic) bond motifs is 1. The molecule has 0 spiro atoms. The van der Waals surface area contributed by atoms with Crippen LogP contribution in [0.3, 0.4) is 0 Å². The molecule has 3 aromatic carbocycles. The van der Waals surface area contributed by atoms with Crippen molar-refractivity contribution in [2.24, 2.45) is 0 Å². The van der Waals surface area contributed by atoms with Gasteiger partial charge in [0.05, 0.1) is 6.10 Å². The average molecular weight is 339 g/mol. The lowest BCUT2D eigenvalue weighted by atomic mass is 10.1. The van der Waals surface area contributed by atoms with Crippen LogP contribution < -0.4 is 4.74 Å². The molecule has 3 rings (SSSR count). The zero-order chi connectivity index (χ0) is 17.1. The van der Waals surface area contributed by atoms with E-state index in [9.17, 15) is 5.11 Å². The quantitative estimate of drug-likeness (QED) is 0.585. The second kappa shape index (κ2) is 6.98. The number of hydrogen-bond acceptors (Lipinski definition) is 2. The molecule has 0 saturated heterocycles. The average Bonchev–Trinajstić information content (AvgIpc) is 2.54. The third kappa shape index (κ3) is 3.90. The smallest absolute Gasteiger partial charge is 0.120 e. The van der Waals surface area contributed by atoms with Gasteiger partial charge in [-0.05, 0) is 72.2 Å². The van der Waals surface area contributed by atoms with E-state index in [-0.39, 0.29) is 11.9 Å². The van der Waals surface area contributed by atoms with Gasteiger partial charge in [0.25, 0.3) is 0 Å². The molecule has 0 radical (unpaired) electrons. The van der Waals surface area contributed by atoms with E-state index in [1.165, 1.54) is 0 Å². The minimum absolute atomic E-state index is 0.136. The number of ether oxygens (including phenoxy) is 1. The molecule has 0 atom stereocenters. The van der Waals surface area contributed by atoms with E-state index < -0.39 is 0 Å². The number of benzene rings is 3. The van der Waals surface area contributed by atoms with Crippen LogP contribution in [0.4, 0.5) is 0 Å². The lowest BCUT2D eigenvalue weighted by Gasteiger charge is -2.10. The van der Waals surface area contributed by atoms with Crippen LogP contribution in [-0.4, -0.2) is 11.2 Å². The molecule has 0 aliphatic heterocycles. The highest BCUT2D eigenvalue weighted by molar-refractivity contribution is 6.51. The van der Waals surface area contributed by atoms with Gasteiger partial charge in [-0.1, -0.05) is 41.9 Å². The fraction of sp³-hybridized carbons (Fsp3) is 0.143. The van der Waals surface area contributed by atoms with Crippen molar-refractivity contribution in [3.05, 3.63) is 71.8 Å². The second-order valence-corrected chi connectivity index (χ2v) is 6.38. The highest BCUT2D eigenvalue weighted by atomic mass is 35.5. The summed E-state index contributed by atoms with van der Waals surface area (Å²) in [4.78, 5) is 0. The molecular formula is C21H19ClO2. The van der Waals surface area contributed by atoms with E-state index in [4.69, 9.17) is 16.3 Å². The van der Waals surface area contributed by atoms with E-state index in [1.54, 1.807) is 12.1 Å². The summed E-state index contributed by atoms with van der Waals surface area (Å²) in [5.41, 5.74) is 1.92. The van der Waals surface area contributed by atoms with Crippen molar-refractivity contribution in [3.63, 3.8) is 0 Å². The summed E-state index contributed by atoms with van der Waals surface area (Å²) >= 11 is 6.50. The number of phenolic OH excluding ortho intramolecular Hbond substituents is 1. The summed E-state index contributed by atoms with van der Waals surface area (Å²) in [6, 6.07) is 19.1. The van der Waals surface area contributed by atoms with Crippen molar-refractivity contribution in [1.82, 2.24) is 0 Å². The molecular weight excluding hydrogens is 320 g/mol. The van der Waals surface area contributed by atoms with E-state index >= 15 is 0 Å². The predicted molar refractivity (Wildman–Crippen MR) is 102 cm³/mol. The molecule has 1 N–H and O–H groups in total. The van der Waals surface area contributed by atoms with Crippen LogP contribution in [0.25, 0.3) is 21.9 Å². The van der Waals surface area contributed by atoms with Crippen molar-refractivity contribution in [3.8, 4) is 11.5 Å². The lowest BCUT2D eigenvalue weighted by molar-refractivity contribution is 0.242. The minimum atomic E-state index is 0.136. The summed E-state index contributed by atoms with van der Waals surface area (Å²) in [5.74, 6) is 1.09. The topological polar surface area (TPSA) is 29.5 Å². The van der Waals surface area contributed by atoms with Gasteiger partial charge in [0.1, 0.15) is 11.5 Å². The molecule has 0 aliphatic rings. The van der Waals surface area contributed by atoms with Gasteiger partial charge in [-0.25, -0.2) is 0 Å². The summed E-state index contributed by atoms with van der Waals surface area (Å²) in [5, 5.41) is 12.2. The van der Waals surface area contributed by atoms with Crippen LogP contribution in [0.15, 0.2) is 60.7 Å². The molecule has 3 heteroatoms. The van der Waals surface area contributed by atoms with Crippen LogP contribution in [0, 0.1) is 0 Å². The first-order chi connectivity index (χ1) is 11.5. The van der Waals surface area contributed by atoms with Crippen molar-refractivity contribution in [2.45, 2.75) is 20.0 Å². The normalized spacial score (nSPS) is 11.9. The van der Waals surface area contributed by atoms with Crippen LogP contribution in [0.5, 0.6) is 11.5 Å². The maximum atomic E-state index is 9.54. The van der Waals surface area contributed by atoms with E-state index in [0.29, 0.717) is 5.03 Å². The molecule has 2 nitrogen and oxygen atoms in total. The van der Waals surface area contributed by atoms with Gasteiger partial charge in [0.2, 0.25) is 0 Å². The highest BCUT2D eigenvalue weighted by Crippen LogP contribution is 2.28. The first-order valence-electron chi connectivity index (χ1n) is 7.88. The zero-order valence-corrected chi connectivity index (χ0v) is 14.4. The third-order valence-electron chi connectivity index (χ3n) is 3.62. The first-order valence-corrected chi connectivity index (χ1v) is 8.26. The standard InChI is InChI=1S/C21H19ClO2/c1-14(2)24-20-5-3-4-15(10-20)11-21(22)18-7-6-17-13-19(23)9-8-16(17)12-18/h3-14,23H,1-2H3/b21-11-. The molecule has 0 saturated carbocycles. The maximum Gasteiger partial charge on any atom is 0.120 e. The number of phenols is 1. The summed E-state index contributed by atoms with van der Waals surface area (Å²) < 4.78 is 5.71. The van der Waals surface area contributed by atoms with Gasteiger partial charge in [-0.15, -0.1) is 0 Å². The van der Waals surface area contributed by atoms with Crippen LogP contribution >= 0.6 is 11.6 Å². The Bertz CT molecular complexity index is 897. The fourth-order valence-electron chi connectivity index (χ4n) is 2.56. The third-order valence-corrected chi connectivity index (χ3v) is 3.95. The molecule has 0 aromatic heterocycles. The van der Waals surface area contributed by atoms with Gasteiger partial charge in [0.15, 0.2) is 0 Å². The summed E-state index contributed by atoms with van der Waals surface area (Å²) in [6.45, 7) is 4.00. The lowest BCUT2D eigenvalue weighted by Crippen LogP contribution is -2.05. The van der Waals surface area contributed by atoms with E-state index in [1.807, 2.05) is 68.5 Å². The molecule has 0 heterocycles. The minimum Gasteiger partial charge on any atom is -0.508 e. The molecule has 0 bridgehead atoms. The molecule has 0 unspecified atom stereocenters. The van der Waals surface area contributed by atoms with Gasteiger partial charge in [-0.2, -0.15) is 0 Å². The Hall–Kier alpha value is -2.45. The maximum absolute atomic E-state index is 9.54. The van der Waals surface area contributed by atoms with Crippen molar-refractivity contribution >= 4 is 33.5 Å². The van der Waals surface area contributed by atoms with Gasteiger partial charge in [-0.3, -0.25) is 0 Å². The van der Waals surface area contributed by atoms with Gasteiger partial charge in [0, 0.05) is 5.03 Å². The van der Waals surface area contributed by atoms with Gasteiger partial charge >= 0.3 is 0 Å². The monoisotopic (exact) mass is 338 g/mol. The molecule has 122 valence electrons. The van der Waals surface area contributed by atoms with Crippen molar-refractivity contribution in [1.29, 1.82) is 0 Å². The number of hydrogen-bond donors (Lipinski definition) is 1. The molecule has 3 aromatic rings. The summed E-state index contributed by atoms with van der Waals surface area (Å²) in [7, 11) is 0. The second-order valence-electron chi connectivity index (χ2n) is 5.98.